The van der Waals surface area contributed by atoms with Crippen LogP contribution in [-0.4, -0.2) is 0 Å². The molecule has 3 aliphatic carbocycles. The Morgan fingerprint density at radius 3 is 1.36 bits per heavy atom. The van der Waals surface area contributed by atoms with Crippen molar-refractivity contribution in [3.8, 4) is 33.8 Å². The lowest BCUT2D eigenvalue weighted by atomic mass is 9.49. The second-order valence-corrected chi connectivity index (χ2v) is 17.1. The van der Waals surface area contributed by atoms with Crippen LogP contribution in [0.1, 0.15) is 105 Å². The van der Waals surface area contributed by atoms with Crippen molar-refractivity contribution in [2.24, 2.45) is 21.7 Å². The molecule has 0 bridgehead atoms. The zero-order valence-corrected chi connectivity index (χ0v) is 30.5. The van der Waals surface area contributed by atoms with E-state index in [9.17, 15) is 0 Å². The standard InChI is InChI=1S/C46H50O/c1-27-28(2)42(7,8)45(41(27,5)6)35-18-14-13-17-33(35)34-25-31(21-23-36(34)45)32-22-24-38-40(26-32)47-39-20-16-15-19-37(39)46(38)43(9,10)29(3)30(4)44(46,11)12/h13-26H,1-12H3. The Morgan fingerprint density at radius 1 is 0.383 bits per heavy atom. The second kappa shape index (κ2) is 8.98. The lowest BCUT2D eigenvalue weighted by Gasteiger charge is -2.54. The number of hydrogen-bond acceptors (Lipinski definition) is 1. The largest absolute Gasteiger partial charge is 0.457 e. The SMILES string of the molecule is CC1=C(C)C(C)(C)C2(c3ccccc3Oc3cc(-c4ccc5c(c4)-c4ccccc4C54C(C)(C)C(C)=C(C)C4(C)C)ccc32)C1(C)C. The van der Waals surface area contributed by atoms with Gasteiger partial charge in [0.15, 0.2) is 0 Å². The molecule has 0 atom stereocenters. The summed E-state index contributed by atoms with van der Waals surface area (Å²) in [5.41, 5.74) is 16.1. The minimum Gasteiger partial charge on any atom is -0.457 e. The predicted molar refractivity (Wildman–Crippen MR) is 197 cm³/mol. The summed E-state index contributed by atoms with van der Waals surface area (Å²) in [6.45, 7) is 29.1. The topological polar surface area (TPSA) is 9.23 Å². The van der Waals surface area contributed by atoms with Crippen molar-refractivity contribution in [2.45, 2.75) is 93.9 Å². The molecule has 0 unspecified atom stereocenters. The van der Waals surface area contributed by atoms with E-state index in [1.165, 1.54) is 66.8 Å². The fourth-order valence-electron chi connectivity index (χ4n) is 11.9. The van der Waals surface area contributed by atoms with Crippen LogP contribution in [-0.2, 0) is 10.8 Å². The smallest absolute Gasteiger partial charge is 0.132 e. The van der Waals surface area contributed by atoms with Gasteiger partial charge in [-0.3, -0.25) is 0 Å². The summed E-state index contributed by atoms with van der Waals surface area (Å²) in [7, 11) is 0. The molecule has 0 fully saturated rings. The molecule has 8 rings (SSSR count). The van der Waals surface area contributed by atoms with Gasteiger partial charge in [-0.1, -0.05) is 144 Å². The molecule has 4 aromatic carbocycles. The van der Waals surface area contributed by atoms with Crippen molar-refractivity contribution in [1.82, 2.24) is 0 Å². The van der Waals surface area contributed by atoms with Crippen molar-refractivity contribution in [1.29, 1.82) is 0 Å². The van der Waals surface area contributed by atoms with Crippen LogP contribution >= 0.6 is 0 Å². The van der Waals surface area contributed by atoms with Crippen LogP contribution in [0, 0.1) is 21.7 Å². The van der Waals surface area contributed by atoms with E-state index in [-0.39, 0.29) is 32.5 Å². The summed E-state index contributed by atoms with van der Waals surface area (Å²) in [6.07, 6.45) is 0. The quantitative estimate of drug-likeness (QED) is 0.193. The van der Waals surface area contributed by atoms with Gasteiger partial charge < -0.3 is 4.74 Å². The van der Waals surface area contributed by atoms with E-state index in [2.05, 4.69) is 168 Å². The minimum atomic E-state index is -0.248. The molecule has 4 aromatic rings. The summed E-state index contributed by atoms with van der Waals surface area (Å²) in [6, 6.07) is 32.3. The van der Waals surface area contributed by atoms with Crippen LogP contribution in [0.3, 0.4) is 0 Å². The van der Waals surface area contributed by atoms with Crippen molar-refractivity contribution < 1.29 is 4.74 Å². The van der Waals surface area contributed by atoms with E-state index >= 15 is 0 Å². The van der Waals surface area contributed by atoms with Gasteiger partial charge in [0, 0.05) is 43.6 Å². The molecule has 0 aromatic heterocycles. The molecule has 1 heteroatoms. The van der Waals surface area contributed by atoms with E-state index in [0.717, 1.165) is 11.5 Å². The van der Waals surface area contributed by atoms with Crippen LogP contribution in [0.2, 0.25) is 0 Å². The average Bonchev–Trinajstić information content (AvgIpc) is 3.45. The Kier molecular flexibility index (Phi) is 5.83. The lowest BCUT2D eigenvalue weighted by molar-refractivity contribution is 0.140. The van der Waals surface area contributed by atoms with E-state index in [1.54, 1.807) is 0 Å². The third-order valence-electron chi connectivity index (χ3n) is 14.9. The molecule has 4 aliphatic rings. The third kappa shape index (κ3) is 3.10. The highest BCUT2D eigenvalue weighted by molar-refractivity contribution is 5.87. The first-order valence-electron chi connectivity index (χ1n) is 17.5. The van der Waals surface area contributed by atoms with Crippen LogP contribution < -0.4 is 4.74 Å². The third-order valence-corrected chi connectivity index (χ3v) is 14.9. The van der Waals surface area contributed by atoms with Crippen molar-refractivity contribution in [3.63, 3.8) is 0 Å². The summed E-state index contributed by atoms with van der Waals surface area (Å²) < 4.78 is 6.86. The Hall–Kier alpha value is -3.84. The van der Waals surface area contributed by atoms with E-state index in [4.69, 9.17) is 4.74 Å². The molecule has 47 heavy (non-hydrogen) atoms. The summed E-state index contributed by atoms with van der Waals surface area (Å²) in [5, 5.41) is 0. The molecule has 0 radical (unpaired) electrons. The zero-order valence-electron chi connectivity index (χ0n) is 30.5. The average molecular weight is 619 g/mol. The van der Waals surface area contributed by atoms with E-state index in [1.807, 2.05) is 0 Å². The van der Waals surface area contributed by atoms with Gasteiger partial charge in [0.2, 0.25) is 0 Å². The Morgan fingerprint density at radius 2 is 0.787 bits per heavy atom. The van der Waals surface area contributed by atoms with Gasteiger partial charge >= 0.3 is 0 Å². The number of benzene rings is 4. The maximum absolute atomic E-state index is 6.86. The first-order chi connectivity index (χ1) is 22.0. The number of fused-ring (bicyclic) bond motifs is 9. The predicted octanol–water partition coefficient (Wildman–Crippen LogP) is 12.8. The molecule has 0 saturated heterocycles. The lowest BCUT2D eigenvalue weighted by Crippen LogP contribution is -2.51. The fraction of sp³-hybridized carbons (Fsp3) is 0.391. The Labute approximate surface area is 282 Å². The Balaban J connectivity index is 1.34. The monoisotopic (exact) mass is 618 g/mol. The summed E-state index contributed by atoms with van der Waals surface area (Å²) in [4.78, 5) is 0. The molecule has 240 valence electrons. The van der Waals surface area contributed by atoms with Gasteiger partial charge in [0.1, 0.15) is 11.5 Å². The molecule has 1 nitrogen and oxygen atoms in total. The number of hydrogen-bond donors (Lipinski definition) is 0. The van der Waals surface area contributed by atoms with Crippen LogP contribution in [0.25, 0.3) is 22.3 Å². The molecular weight excluding hydrogens is 569 g/mol. The highest BCUT2D eigenvalue weighted by Crippen LogP contribution is 2.74. The van der Waals surface area contributed by atoms with Gasteiger partial charge in [0.05, 0.1) is 0 Å². The summed E-state index contributed by atoms with van der Waals surface area (Å²) >= 11 is 0. The molecule has 2 spiro atoms. The van der Waals surface area contributed by atoms with Gasteiger partial charge in [-0.15, -0.1) is 0 Å². The molecular formula is C46H50O. The van der Waals surface area contributed by atoms with Crippen molar-refractivity contribution >= 4 is 0 Å². The summed E-state index contributed by atoms with van der Waals surface area (Å²) in [5.74, 6) is 1.96. The van der Waals surface area contributed by atoms with Crippen molar-refractivity contribution in [3.05, 3.63) is 129 Å². The highest BCUT2D eigenvalue weighted by atomic mass is 16.5. The molecule has 0 saturated carbocycles. The van der Waals surface area contributed by atoms with E-state index < -0.39 is 0 Å². The van der Waals surface area contributed by atoms with E-state index in [0.29, 0.717) is 0 Å². The van der Waals surface area contributed by atoms with Crippen LogP contribution in [0.4, 0.5) is 0 Å². The molecule has 1 aliphatic heterocycles. The van der Waals surface area contributed by atoms with Gasteiger partial charge in [0.25, 0.3) is 0 Å². The number of para-hydroxylation sites is 1. The number of ether oxygens (including phenoxy) is 1. The van der Waals surface area contributed by atoms with Gasteiger partial charge in [-0.2, -0.15) is 0 Å². The highest BCUT2D eigenvalue weighted by Gasteiger charge is 2.67. The second-order valence-electron chi connectivity index (χ2n) is 17.1. The van der Waals surface area contributed by atoms with Crippen LogP contribution in [0.5, 0.6) is 11.5 Å². The molecule has 0 N–H and O–H groups in total. The maximum Gasteiger partial charge on any atom is 0.132 e. The maximum atomic E-state index is 6.86. The normalized spacial score (nSPS) is 22.6. The molecule has 0 amide bonds. The number of allylic oxidation sites excluding steroid dienone is 4. The zero-order chi connectivity index (χ0) is 33.7. The minimum absolute atomic E-state index is 0.0178. The van der Waals surface area contributed by atoms with Gasteiger partial charge in [-0.25, -0.2) is 0 Å². The number of rotatable bonds is 1. The first kappa shape index (κ1) is 30.5. The van der Waals surface area contributed by atoms with Crippen molar-refractivity contribution in [2.75, 3.05) is 0 Å². The van der Waals surface area contributed by atoms with Crippen LogP contribution in [0.15, 0.2) is 107 Å². The molecule has 1 heterocycles. The Bertz CT molecular complexity index is 2060. The first-order valence-corrected chi connectivity index (χ1v) is 17.5. The van der Waals surface area contributed by atoms with Gasteiger partial charge in [-0.05, 0) is 79.3 Å². The fourth-order valence-corrected chi connectivity index (χ4v) is 11.9.